The van der Waals surface area contributed by atoms with Crippen LogP contribution in [0.15, 0.2) is 53.2 Å². The van der Waals surface area contributed by atoms with Gasteiger partial charge in [-0.1, -0.05) is 12.1 Å². The molecule has 4 rings (SSSR count). The average Bonchev–Trinajstić information content (AvgIpc) is 3.22. The maximum absolute atomic E-state index is 12.7. The largest absolute Gasteiger partial charge is 0.505 e. The highest BCUT2D eigenvalue weighted by Crippen LogP contribution is 2.29. The average molecular weight is 393 g/mol. The van der Waals surface area contributed by atoms with Crippen LogP contribution in [0.4, 0.5) is 0 Å². The normalized spacial score (nSPS) is 16.6. The van der Waals surface area contributed by atoms with Gasteiger partial charge in [0, 0.05) is 25.7 Å². The molecule has 1 atom stereocenters. The van der Waals surface area contributed by atoms with Crippen LogP contribution in [-0.2, 0) is 6.42 Å². The first-order valence-corrected chi connectivity index (χ1v) is 9.65. The van der Waals surface area contributed by atoms with Gasteiger partial charge in [0.25, 0.3) is 5.91 Å². The third-order valence-electron chi connectivity index (χ3n) is 5.13. The van der Waals surface area contributed by atoms with Gasteiger partial charge in [-0.2, -0.15) is 0 Å². The molecule has 1 aliphatic heterocycles. The highest BCUT2D eigenvalue weighted by molar-refractivity contribution is 5.94. The lowest BCUT2D eigenvalue weighted by atomic mass is 9.97. The van der Waals surface area contributed by atoms with Crippen LogP contribution in [-0.4, -0.2) is 46.1 Å². The van der Waals surface area contributed by atoms with Crippen LogP contribution in [0.5, 0.6) is 11.5 Å². The van der Waals surface area contributed by atoms with Gasteiger partial charge in [0.15, 0.2) is 11.6 Å². The SMILES string of the molecule is COc1cccc(Cc2cnc([C@@H]3CCCN(C(=O)c4ncccc4O)C3)o2)c1. The monoisotopic (exact) mass is 393 g/mol. The minimum absolute atomic E-state index is 0.0256. The number of oxazole rings is 1. The number of rotatable bonds is 5. The van der Waals surface area contributed by atoms with Crippen molar-refractivity contribution < 1.29 is 19.1 Å². The van der Waals surface area contributed by atoms with Crippen LogP contribution in [0.2, 0.25) is 0 Å². The Morgan fingerprint density at radius 3 is 3.03 bits per heavy atom. The summed E-state index contributed by atoms with van der Waals surface area (Å²) in [5, 5.41) is 9.93. The molecular weight excluding hydrogens is 370 g/mol. The molecule has 150 valence electrons. The number of carbonyl (C=O) groups excluding carboxylic acids is 1. The number of piperidine rings is 1. The van der Waals surface area contributed by atoms with E-state index in [2.05, 4.69) is 9.97 Å². The Labute approximate surface area is 169 Å². The Bertz CT molecular complexity index is 1000. The zero-order valence-electron chi connectivity index (χ0n) is 16.2. The predicted octanol–water partition coefficient (Wildman–Crippen LogP) is 3.39. The van der Waals surface area contributed by atoms with Crippen molar-refractivity contribution in [2.75, 3.05) is 20.2 Å². The number of hydrogen-bond acceptors (Lipinski definition) is 6. The lowest BCUT2D eigenvalue weighted by molar-refractivity contribution is 0.0688. The molecule has 0 aliphatic carbocycles. The topological polar surface area (TPSA) is 88.7 Å². The number of aromatic hydroxyl groups is 1. The Morgan fingerprint density at radius 2 is 2.21 bits per heavy atom. The Kier molecular flexibility index (Phi) is 5.46. The second-order valence-corrected chi connectivity index (χ2v) is 7.15. The predicted molar refractivity (Wildman–Crippen MR) is 106 cm³/mol. The zero-order valence-corrected chi connectivity index (χ0v) is 16.2. The highest BCUT2D eigenvalue weighted by Gasteiger charge is 2.30. The summed E-state index contributed by atoms with van der Waals surface area (Å²) in [6.45, 7) is 1.12. The summed E-state index contributed by atoms with van der Waals surface area (Å²) < 4.78 is 11.3. The number of carbonyl (C=O) groups is 1. The maximum atomic E-state index is 12.7. The molecule has 1 N–H and O–H groups in total. The molecule has 29 heavy (non-hydrogen) atoms. The number of aromatic nitrogens is 2. The fourth-order valence-corrected chi connectivity index (χ4v) is 3.65. The molecule has 7 heteroatoms. The van der Waals surface area contributed by atoms with E-state index < -0.39 is 0 Å². The lowest BCUT2D eigenvalue weighted by Crippen LogP contribution is -2.39. The van der Waals surface area contributed by atoms with Gasteiger partial charge in [-0.15, -0.1) is 0 Å². The molecule has 0 spiro atoms. The Morgan fingerprint density at radius 1 is 1.31 bits per heavy atom. The van der Waals surface area contributed by atoms with Gasteiger partial charge in [-0.25, -0.2) is 9.97 Å². The third-order valence-corrected chi connectivity index (χ3v) is 5.13. The standard InChI is InChI=1S/C22H23N3O4/c1-28-17-7-2-5-15(11-17)12-18-13-24-21(29-18)16-6-4-10-25(14-16)22(27)20-19(26)8-3-9-23-20/h2-3,5,7-9,11,13,16,26H,4,6,10,12,14H2,1H3/t16-/m1/s1. The van der Waals surface area contributed by atoms with E-state index in [0.29, 0.717) is 25.4 Å². The van der Waals surface area contributed by atoms with E-state index in [1.807, 2.05) is 24.3 Å². The van der Waals surface area contributed by atoms with Gasteiger partial charge in [0.2, 0.25) is 0 Å². The van der Waals surface area contributed by atoms with E-state index in [1.54, 1.807) is 24.3 Å². The van der Waals surface area contributed by atoms with Crippen LogP contribution in [0.1, 0.15) is 46.5 Å². The van der Waals surface area contributed by atoms with E-state index >= 15 is 0 Å². The summed E-state index contributed by atoms with van der Waals surface area (Å²) in [5.74, 6) is 1.89. The number of benzene rings is 1. The summed E-state index contributed by atoms with van der Waals surface area (Å²) in [4.78, 5) is 22.9. The fraction of sp³-hybridized carbons (Fsp3) is 0.318. The molecule has 1 aliphatic rings. The van der Waals surface area contributed by atoms with Crippen molar-refractivity contribution >= 4 is 5.91 Å². The van der Waals surface area contributed by atoms with E-state index in [0.717, 1.165) is 29.9 Å². The van der Waals surface area contributed by atoms with E-state index in [1.165, 1.54) is 12.3 Å². The Balaban J connectivity index is 1.45. The fourth-order valence-electron chi connectivity index (χ4n) is 3.65. The summed E-state index contributed by atoms with van der Waals surface area (Å²) in [6, 6.07) is 10.9. The number of likely N-dealkylation sites (tertiary alicyclic amines) is 1. The summed E-state index contributed by atoms with van der Waals surface area (Å²) >= 11 is 0. The van der Waals surface area contributed by atoms with Gasteiger partial charge < -0.3 is 19.2 Å². The number of methoxy groups -OCH3 is 1. The van der Waals surface area contributed by atoms with Gasteiger partial charge in [-0.05, 0) is 42.7 Å². The molecule has 0 radical (unpaired) electrons. The summed E-state index contributed by atoms with van der Waals surface area (Å²) in [5.41, 5.74) is 1.16. The van der Waals surface area contributed by atoms with Crippen molar-refractivity contribution in [1.29, 1.82) is 0 Å². The van der Waals surface area contributed by atoms with Crippen molar-refractivity contribution in [3.8, 4) is 11.5 Å². The third kappa shape index (κ3) is 4.23. The smallest absolute Gasteiger partial charge is 0.276 e. The molecule has 0 unspecified atom stereocenters. The molecule has 1 amide bonds. The van der Waals surface area contributed by atoms with Crippen molar-refractivity contribution in [2.24, 2.45) is 0 Å². The summed E-state index contributed by atoms with van der Waals surface area (Å²) in [6.07, 6.45) is 5.63. The zero-order chi connectivity index (χ0) is 20.2. The second kappa shape index (κ2) is 8.34. The maximum Gasteiger partial charge on any atom is 0.276 e. The Hall–Kier alpha value is -3.35. The molecule has 1 fully saturated rings. The lowest BCUT2D eigenvalue weighted by Gasteiger charge is -2.31. The van der Waals surface area contributed by atoms with Crippen molar-refractivity contribution in [2.45, 2.75) is 25.2 Å². The van der Waals surface area contributed by atoms with Crippen molar-refractivity contribution in [3.63, 3.8) is 0 Å². The highest BCUT2D eigenvalue weighted by atomic mass is 16.5. The number of pyridine rings is 1. The van der Waals surface area contributed by atoms with E-state index in [4.69, 9.17) is 9.15 Å². The van der Waals surface area contributed by atoms with Crippen molar-refractivity contribution in [3.05, 3.63) is 71.7 Å². The molecule has 2 aromatic heterocycles. The van der Waals surface area contributed by atoms with Crippen LogP contribution in [0.25, 0.3) is 0 Å². The molecule has 0 saturated carbocycles. The number of amides is 1. The quantitative estimate of drug-likeness (QED) is 0.715. The molecule has 3 heterocycles. The first-order chi connectivity index (χ1) is 14.1. The number of hydrogen-bond donors (Lipinski definition) is 1. The van der Waals surface area contributed by atoms with Crippen LogP contribution >= 0.6 is 0 Å². The molecule has 1 saturated heterocycles. The first kappa shape index (κ1) is 19.0. The van der Waals surface area contributed by atoms with Crippen LogP contribution < -0.4 is 4.74 Å². The van der Waals surface area contributed by atoms with E-state index in [9.17, 15) is 9.90 Å². The van der Waals surface area contributed by atoms with Crippen LogP contribution in [0.3, 0.4) is 0 Å². The number of nitrogens with zero attached hydrogens (tertiary/aromatic N) is 3. The van der Waals surface area contributed by atoms with E-state index in [-0.39, 0.29) is 23.3 Å². The molecule has 0 bridgehead atoms. The molecule has 1 aromatic carbocycles. The van der Waals surface area contributed by atoms with Gasteiger partial charge in [0.05, 0.1) is 19.2 Å². The minimum Gasteiger partial charge on any atom is -0.505 e. The first-order valence-electron chi connectivity index (χ1n) is 9.65. The van der Waals surface area contributed by atoms with Crippen molar-refractivity contribution in [1.82, 2.24) is 14.9 Å². The second-order valence-electron chi connectivity index (χ2n) is 7.15. The molecule has 7 nitrogen and oxygen atoms in total. The van der Waals surface area contributed by atoms with Gasteiger partial charge >= 0.3 is 0 Å². The molecular formula is C22H23N3O4. The summed E-state index contributed by atoms with van der Waals surface area (Å²) in [7, 11) is 1.65. The number of ether oxygens (including phenoxy) is 1. The van der Waals surface area contributed by atoms with Gasteiger partial charge in [0.1, 0.15) is 17.3 Å². The van der Waals surface area contributed by atoms with Crippen LogP contribution in [0, 0.1) is 0 Å². The minimum atomic E-state index is -0.268. The van der Waals surface area contributed by atoms with Gasteiger partial charge in [-0.3, -0.25) is 4.79 Å². The molecule has 3 aromatic rings.